The zero-order valence-corrected chi connectivity index (χ0v) is 15.1. The molecule has 3 rings (SSSR count). The highest BCUT2D eigenvalue weighted by molar-refractivity contribution is 6.13. The predicted octanol–water partition coefficient (Wildman–Crippen LogP) is 2.90. The lowest BCUT2D eigenvalue weighted by molar-refractivity contribution is -0.131. The van der Waals surface area contributed by atoms with E-state index in [1.165, 1.54) is 0 Å². The molecule has 6 heteroatoms. The molecule has 0 saturated heterocycles. The summed E-state index contributed by atoms with van der Waals surface area (Å²) < 4.78 is 0. The van der Waals surface area contributed by atoms with Crippen LogP contribution in [0.25, 0.3) is 11.1 Å². The number of rotatable bonds is 6. The molecule has 5 nitrogen and oxygen atoms in total. The van der Waals surface area contributed by atoms with Gasteiger partial charge < -0.3 is 10.2 Å². The first-order valence-electron chi connectivity index (χ1n) is 8.82. The van der Waals surface area contributed by atoms with Crippen LogP contribution in [0, 0.1) is 5.92 Å². The van der Waals surface area contributed by atoms with Crippen LogP contribution >= 0.6 is 0 Å². The fourth-order valence-electron chi connectivity index (χ4n) is 2.92. The number of hydrogen-bond donors (Lipinski definition) is 1. The number of pyridine rings is 1. The minimum absolute atomic E-state index is 0.219. The van der Waals surface area contributed by atoms with E-state index in [9.17, 15) is 4.79 Å². The van der Waals surface area contributed by atoms with Crippen LogP contribution in [0.1, 0.15) is 32.3 Å². The van der Waals surface area contributed by atoms with Crippen LogP contribution in [-0.4, -0.2) is 36.5 Å². The lowest BCUT2D eigenvalue weighted by Gasteiger charge is -2.18. The zero-order valence-electron chi connectivity index (χ0n) is 15.1. The lowest BCUT2D eigenvalue weighted by Crippen LogP contribution is -2.42. The number of amides is 1. The molecule has 2 heterocycles. The first-order valence-corrected chi connectivity index (χ1v) is 8.82. The molecule has 2 atom stereocenters. The smallest absolute Gasteiger partial charge is 0.263 e. The molecule has 0 fully saturated rings. The molecule has 1 aromatic heterocycles. The van der Waals surface area contributed by atoms with Crippen LogP contribution in [-0.2, 0) is 9.63 Å². The van der Waals surface area contributed by atoms with Crippen LogP contribution < -0.4 is 5.32 Å². The van der Waals surface area contributed by atoms with Crippen molar-refractivity contribution in [1.82, 2.24) is 10.3 Å². The lowest BCUT2D eigenvalue weighted by atomic mass is 9.88. The second-order valence-electron chi connectivity index (χ2n) is 6.90. The molecule has 1 unspecified atom stereocenters. The second kappa shape index (κ2) is 8.17. The van der Waals surface area contributed by atoms with Gasteiger partial charge in [-0.25, -0.2) is 0 Å². The minimum Gasteiger partial charge on any atom is -0.382 e. The predicted molar refractivity (Wildman–Crippen MR) is 103 cm³/mol. The molecule has 2 radical (unpaired) electrons. The van der Waals surface area contributed by atoms with Crippen LogP contribution in [0.15, 0.2) is 53.9 Å². The zero-order chi connectivity index (χ0) is 18.5. The summed E-state index contributed by atoms with van der Waals surface area (Å²) >= 11 is 0. The largest absolute Gasteiger partial charge is 0.382 e. The Kier molecular flexibility index (Phi) is 5.71. The van der Waals surface area contributed by atoms with Crippen molar-refractivity contribution in [3.05, 3.63) is 54.4 Å². The number of oxime groups is 1. The van der Waals surface area contributed by atoms with E-state index in [4.69, 9.17) is 12.7 Å². The first-order chi connectivity index (χ1) is 12.5. The Balaban J connectivity index is 1.59. The van der Waals surface area contributed by atoms with Crippen LogP contribution in [0.2, 0.25) is 0 Å². The van der Waals surface area contributed by atoms with E-state index in [2.05, 4.69) is 29.3 Å². The third-order valence-corrected chi connectivity index (χ3v) is 4.23. The topological polar surface area (TPSA) is 63.6 Å². The Morgan fingerprint density at radius 2 is 1.96 bits per heavy atom. The molecule has 2 aromatic rings. The van der Waals surface area contributed by atoms with Crippen molar-refractivity contribution in [2.75, 3.05) is 0 Å². The number of hydrogen-bond acceptors (Lipinski definition) is 4. The molecule has 0 aliphatic carbocycles. The summed E-state index contributed by atoms with van der Waals surface area (Å²) in [5, 5.41) is 6.87. The highest BCUT2D eigenvalue weighted by Crippen LogP contribution is 2.22. The number of carbonyl (C=O) groups excluding carboxylic acids is 1. The quantitative estimate of drug-likeness (QED) is 0.818. The molecular weight excluding hydrogens is 325 g/mol. The average molecular weight is 347 g/mol. The van der Waals surface area contributed by atoms with E-state index >= 15 is 0 Å². The Bertz CT molecular complexity index is 775. The van der Waals surface area contributed by atoms with Gasteiger partial charge in [0.15, 0.2) is 0 Å². The summed E-state index contributed by atoms with van der Waals surface area (Å²) in [6.07, 6.45) is 4.11. The molecule has 1 aromatic carbocycles. The average Bonchev–Trinajstić information content (AvgIpc) is 3.12. The second-order valence-corrected chi connectivity index (χ2v) is 6.90. The molecule has 0 saturated carbocycles. The molecule has 26 heavy (non-hydrogen) atoms. The van der Waals surface area contributed by atoms with Gasteiger partial charge in [-0.1, -0.05) is 49.3 Å². The summed E-state index contributed by atoms with van der Waals surface area (Å²) in [6.45, 7) is 4.13. The maximum atomic E-state index is 12.3. The van der Waals surface area contributed by atoms with Crippen LogP contribution in [0.3, 0.4) is 0 Å². The van der Waals surface area contributed by atoms with Gasteiger partial charge in [-0.2, -0.15) is 0 Å². The van der Waals surface area contributed by atoms with Crippen molar-refractivity contribution in [1.29, 1.82) is 0 Å². The molecular formula is C20H22BN3O2. The fraction of sp³-hybridized carbons (Fsp3) is 0.350. The molecule has 1 amide bonds. The highest BCUT2D eigenvalue weighted by Gasteiger charge is 2.29. The fourth-order valence-corrected chi connectivity index (χ4v) is 2.92. The first kappa shape index (κ1) is 18.2. The molecule has 0 spiro atoms. The van der Waals surface area contributed by atoms with Crippen molar-refractivity contribution < 1.29 is 9.63 Å². The molecule has 1 aliphatic heterocycles. The normalized spacial score (nSPS) is 17.5. The van der Waals surface area contributed by atoms with Crippen molar-refractivity contribution in [3.8, 4) is 11.1 Å². The number of carbonyl (C=O) groups is 1. The van der Waals surface area contributed by atoms with Crippen molar-refractivity contribution in [2.24, 2.45) is 11.1 Å². The molecule has 1 aliphatic rings. The van der Waals surface area contributed by atoms with E-state index in [-0.39, 0.29) is 11.8 Å². The minimum atomic E-state index is -0.624. The molecule has 1 N–H and O–H groups in total. The third-order valence-electron chi connectivity index (χ3n) is 4.23. The van der Waals surface area contributed by atoms with E-state index in [0.29, 0.717) is 12.3 Å². The van der Waals surface area contributed by atoms with E-state index in [1.807, 2.05) is 42.6 Å². The Morgan fingerprint density at radius 3 is 2.62 bits per heavy atom. The molecule has 0 bridgehead atoms. The van der Waals surface area contributed by atoms with Crippen molar-refractivity contribution in [2.45, 2.75) is 38.7 Å². The maximum absolute atomic E-state index is 12.3. The van der Waals surface area contributed by atoms with Crippen LogP contribution in [0.5, 0.6) is 0 Å². The Morgan fingerprint density at radius 1 is 1.23 bits per heavy atom. The molecule has 132 valence electrons. The van der Waals surface area contributed by atoms with Crippen molar-refractivity contribution in [3.63, 3.8) is 0 Å². The summed E-state index contributed by atoms with van der Waals surface area (Å²) in [7, 11) is 5.93. The van der Waals surface area contributed by atoms with Gasteiger partial charge >= 0.3 is 0 Å². The third kappa shape index (κ3) is 4.51. The summed E-state index contributed by atoms with van der Waals surface area (Å²) in [5.41, 5.74) is 3.84. The van der Waals surface area contributed by atoms with Gasteiger partial charge in [-0.3, -0.25) is 9.78 Å². The van der Waals surface area contributed by atoms with E-state index < -0.39 is 6.10 Å². The van der Waals surface area contributed by atoms with E-state index in [0.717, 1.165) is 28.8 Å². The maximum Gasteiger partial charge on any atom is 0.263 e. The van der Waals surface area contributed by atoms with Gasteiger partial charge in [0.05, 0.1) is 13.6 Å². The van der Waals surface area contributed by atoms with Crippen LogP contribution in [0.4, 0.5) is 0 Å². The number of benzene rings is 1. The van der Waals surface area contributed by atoms with Gasteiger partial charge in [-0.05, 0) is 41.0 Å². The van der Waals surface area contributed by atoms with Gasteiger partial charge in [0.2, 0.25) is 6.10 Å². The highest BCUT2D eigenvalue weighted by atomic mass is 16.6. The standard InChI is InChI=1S/C20H22BN3O2/c1-13(2)10-19(21)23-20(25)18-11-17(24-26-18)15-7-5-14(6-8-15)16-4-3-9-22-12-16/h3-9,12-13,18-19H,10-11H2,1-2H3,(H,23,25)/t18?,19-/m0/s1. The monoisotopic (exact) mass is 347 g/mol. The number of aromatic nitrogens is 1. The number of nitrogens with one attached hydrogen (secondary N) is 1. The summed E-state index contributed by atoms with van der Waals surface area (Å²) in [5.74, 6) is -0.169. The van der Waals surface area contributed by atoms with Gasteiger partial charge in [0.1, 0.15) is 0 Å². The summed E-state index contributed by atoms with van der Waals surface area (Å²) in [6, 6.07) is 11.9. The van der Waals surface area contributed by atoms with Gasteiger partial charge in [0, 0.05) is 18.8 Å². The summed E-state index contributed by atoms with van der Waals surface area (Å²) in [4.78, 5) is 21.7. The SMILES string of the molecule is [B][C@H](CC(C)C)NC(=O)C1CC(c2ccc(-c3cccnc3)cc2)=NO1. The van der Waals surface area contributed by atoms with Gasteiger partial charge in [0.25, 0.3) is 5.91 Å². The van der Waals surface area contributed by atoms with Gasteiger partial charge in [-0.15, -0.1) is 0 Å². The van der Waals surface area contributed by atoms with Crippen molar-refractivity contribution >= 4 is 19.5 Å². The number of nitrogens with zero attached hydrogens (tertiary/aromatic N) is 2. The Labute approximate surface area is 155 Å². The van der Waals surface area contributed by atoms with E-state index in [1.54, 1.807) is 6.20 Å². The Hall–Kier alpha value is -2.63.